The molecule has 2 aromatic heterocycles. The fraction of sp³-hybridized carbons (Fsp3) is 0.188. The van der Waals surface area contributed by atoms with Gasteiger partial charge in [-0.15, -0.1) is 0 Å². The SMILES string of the molecule is Cc1nc(-c2cn(C)c(=O)c(F)c2Cc2ccc(Br)cc2F)n[nH]1. The van der Waals surface area contributed by atoms with Gasteiger partial charge in [-0.2, -0.15) is 5.10 Å². The third-order valence-corrected chi connectivity index (χ3v) is 4.13. The molecule has 0 saturated carbocycles. The van der Waals surface area contributed by atoms with Crippen molar-refractivity contribution in [3.63, 3.8) is 0 Å². The van der Waals surface area contributed by atoms with Gasteiger partial charge in [0.25, 0.3) is 5.56 Å². The van der Waals surface area contributed by atoms with Crippen LogP contribution in [0, 0.1) is 18.6 Å². The number of rotatable bonds is 3. The van der Waals surface area contributed by atoms with Gasteiger partial charge in [0.15, 0.2) is 11.6 Å². The summed E-state index contributed by atoms with van der Waals surface area (Å²) in [5.41, 5.74) is -0.0861. The van der Waals surface area contributed by atoms with Crippen molar-refractivity contribution in [1.82, 2.24) is 19.7 Å². The fourth-order valence-corrected chi connectivity index (χ4v) is 2.75. The van der Waals surface area contributed by atoms with Crippen molar-refractivity contribution < 1.29 is 8.78 Å². The summed E-state index contributed by atoms with van der Waals surface area (Å²) < 4.78 is 30.4. The van der Waals surface area contributed by atoms with Gasteiger partial charge in [0.1, 0.15) is 11.6 Å². The Hall–Kier alpha value is -2.35. The Bertz CT molecular complexity index is 981. The van der Waals surface area contributed by atoms with Crippen LogP contribution in [0.1, 0.15) is 17.0 Å². The minimum Gasteiger partial charge on any atom is -0.315 e. The van der Waals surface area contributed by atoms with E-state index in [1.165, 1.54) is 19.3 Å². The number of aromatic amines is 1. The van der Waals surface area contributed by atoms with E-state index in [4.69, 9.17) is 0 Å². The molecule has 0 spiro atoms. The lowest BCUT2D eigenvalue weighted by Crippen LogP contribution is -2.23. The second kappa shape index (κ2) is 6.27. The Kier molecular flexibility index (Phi) is 4.31. The molecule has 0 radical (unpaired) electrons. The summed E-state index contributed by atoms with van der Waals surface area (Å²) in [4.78, 5) is 16.1. The molecule has 3 aromatic rings. The summed E-state index contributed by atoms with van der Waals surface area (Å²) in [5.74, 6) is -0.601. The van der Waals surface area contributed by atoms with E-state index in [1.807, 2.05) is 0 Å². The van der Waals surface area contributed by atoms with Gasteiger partial charge in [0, 0.05) is 35.3 Å². The Morgan fingerprint density at radius 2 is 2.08 bits per heavy atom. The number of hydrogen-bond donors (Lipinski definition) is 1. The molecular formula is C16H13BrF2N4O. The van der Waals surface area contributed by atoms with Crippen molar-refractivity contribution in [2.45, 2.75) is 13.3 Å². The number of nitrogens with one attached hydrogen (secondary N) is 1. The van der Waals surface area contributed by atoms with Gasteiger partial charge < -0.3 is 4.57 Å². The molecule has 0 saturated heterocycles. The number of H-pyrrole nitrogens is 1. The second-order valence-electron chi connectivity index (χ2n) is 5.41. The van der Waals surface area contributed by atoms with Crippen molar-refractivity contribution in [1.29, 1.82) is 0 Å². The first-order valence-corrected chi connectivity index (χ1v) is 7.87. The minimum absolute atomic E-state index is 0.0679. The molecule has 24 heavy (non-hydrogen) atoms. The maximum Gasteiger partial charge on any atom is 0.286 e. The number of nitrogens with zero attached hydrogens (tertiary/aromatic N) is 3. The number of benzene rings is 1. The van der Waals surface area contributed by atoms with Gasteiger partial charge in [0.05, 0.1) is 0 Å². The average Bonchev–Trinajstić information content (AvgIpc) is 2.96. The molecule has 0 unspecified atom stereocenters. The molecule has 5 nitrogen and oxygen atoms in total. The van der Waals surface area contributed by atoms with E-state index >= 15 is 0 Å². The lowest BCUT2D eigenvalue weighted by Gasteiger charge is -2.11. The molecular weight excluding hydrogens is 382 g/mol. The van der Waals surface area contributed by atoms with Crippen LogP contribution in [0.15, 0.2) is 33.7 Å². The van der Waals surface area contributed by atoms with Crippen LogP contribution in [-0.4, -0.2) is 19.7 Å². The predicted molar refractivity (Wildman–Crippen MR) is 88.7 cm³/mol. The Morgan fingerprint density at radius 1 is 1.33 bits per heavy atom. The highest BCUT2D eigenvalue weighted by atomic mass is 79.9. The molecule has 0 aliphatic heterocycles. The second-order valence-corrected chi connectivity index (χ2v) is 6.32. The highest BCUT2D eigenvalue weighted by Crippen LogP contribution is 2.25. The van der Waals surface area contributed by atoms with Crippen molar-refractivity contribution in [2.75, 3.05) is 0 Å². The lowest BCUT2D eigenvalue weighted by molar-refractivity contribution is 0.573. The van der Waals surface area contributed by atoms with Crippen LogP contribution >= 0.6 is 15.9 Å². The third-order valence-electron chi connectivity index (χ3n) is 3.64. The van der Waals surface area contributed by atoms with Gasteiger partial charge in [-0.05, 0) is 24.6 Å². The first kappa shape index (κ1) is 16.5. The monoisotopic (exact) mass is 394 g/mol. The van der Waals surface area contributed by atoms with E-state index in [0.717, 1.165) is 4.57 Å². The Balaban J connectivity index is 2.18. The zero-order valence-electron chi connectivity index (χ0n) is 12.9. The van der Waals surface area contributed by atoms with E-state index in [1.54, 1.807) is 19.1 Å². The fourth-order valence-electron chi connectivity index (χ4n) is 2.42. The molecule has 0 aliphatic rings. The minimum atomic E-state index is -0.931. The number of halogens is 3. The number of hydrogen-bond acceptors (Lipinski definition) is 3. The lowest BCUT2D eigenvalue weighted by atomic mass is 10.00. The van der Waals surface area contributed by atoms with Crippen LogP contribution in [0.2, 0.25) is 0 Å². The molecule has 2 heterocycles. The summed E-state index contributed by atoms with van der Waals surface area (Å²) in [6.07, 6.45) is 1.38. The summed E-state index contributed by atoms with van der Waals surface area (Å²) in [7, 11) is 1.44. The molecule has 3 rings (SSSR count). The molecule has 0 atom stereocenters. The summed E-state index contributed by atoms with van der Waals surface area (Å²) in [6, 6.07) is 4.50. The first-order chi connectivity index (χ1) is 11.4. The van der Waals surface area contributed by atoms with Crippen molar-refractivity contribution in [3.8, 4) is 11.4 Å². The summed E-state index contributed by atoms with van der Waals surface area (Å²) in [5, 5.41) is 6.70. The average molecular weight is 395 g/mol. The van der Waals surface area contributed by atoms with Gasteiger partial charge in [-0.3, -0.25) is 9.89 Å². The van der Waals surface area contributed by atoms with Crippen LogP contribution < -0.4 is 5.56 Å². The van der Waals surface area contributed by atoms with E-state index in [-0.39, 0.29) is 23.4 Å². The molecule has 0 bridgehead atoms. The summed E-state index contributed by atoms with van der Waals surface area (Å²) >= 11 is 3.18. The third kappa shape index (κ3) is 3.01. The van der Waals surface area contributed by atoms with Gasteiger partial charge in [-0.25, -0.2) is 13.8 Å². The van der Waals surface area contributed by atoms with E-state index in [0.29, 0.717) is 15.9 Å². The Morgan fingerprint density at radius 3 is 2.71 bits per heavy atom. The van der Waals surface area contributed by atoms with Crippen molar-refractivity contribution >= 4 is 15.9 Å². The molecule has 0 fully saturated rings. The molecule has 1 N–H and O–H groups in total. The standard InChI is InChI=1S/C16H13BrF2N4O/c1-8-20-15(22-21-8)12-7-23(2)16(24)14(19)11(12)5-9-3-4-10(17)6-13(9)18/h3-4,6-7H,5H2,1-2H3,(H,20,21,22). The number of aryl methyl sites for hydroxylation is 2. The summed E-state index contributed by atoms with van der Waals surface area (Å²) in [6.45, 7) is 1.71. The van der Waals surface area contributed by atoms with Crippen LogP contribution in [0.5, 0.6) is 0 Å². The molecule has 0 amide bonds. The van der Waals surface area contributed by atoms with Crippen molar-refractivity contribution in [2.24, 2.45) is 7.05 Å². The highest BCUT2D eigenvalue weighted by Gasteiger charge is 2.20. The van der Waals surface area contributed by atoms with Gasteiger partial charge in [0.2, 0.25) is 0 Å². The predicted octanol–water partition coefficient (Wildman–Crippen LogP) is 3.11. The molecule has 0 aliphatic carbocycles. The van der Waals surface area contributed by atoms with Gasteiger partial charge >= 0.3 is 0 Å². The maximum absolute atomic E-state index is 14.6. The van der Waals surface area contributed by atoms with Crippen LogP contribution in [0.4, 0.5) is 8.78 Å². The zero-order valence-corrected chi connectivity index (χ0v) is 14.5. The molecule has 1 aromatic carbocycles. The largest absolute Gasteiger partial charge is 0.315 e. The normalized spacial score (nSPS) is 11.0. The highest BCUT2D eigenvalue weighted by molar-refractivity contribution is 9.10. The number of aromatic nitrogens is 4. The molecule has 124 valence electrons. The van der Waals surface area contributed by atoms with Crippen molar-refractivity contribution in [3.05, 3.63) is 67.8 Å². The number of pyridine rings is 1. The maximum atomic E-state index is 14.6. The molecule has 8 heteroatoms. The van der Waals surface area contributed by atoms with Crippen LogP contribution in [0.3, 0.4) is 0 Å². The van der Waals surface area contributed by atoms with Gasteiger partial charge in [-0.1, -0.05) is 22.0 Å². The smallest absolute Gasteiger partial charge is 0.286 e. The van der Waals surface area contributed by atoms with E-state index in [9.17, 15) is 13.6 Å². The van der Waals surface area contributed by atoms with E-state index < -0.39 is 17.2 Å². The quantitative estimate of drug-likeness (QED) is 0.742. The topological polar surface area (TPSA) is 63.6 Å². The van der Waals surface area contributed by atoms with Crippen LogP contribution in [-0.2, 0) is 13.5 Å². The zero-order chi connectivity index (χ0) is 17.4. The Labute approximate surface area is 144 Å². The first-order valence-electron chi connectivity index (χ1n) is 7.08. The van der Waals surface area contributed by atoms with Crippen LogP contribution in [0.25, 0.3) is 11.4 Å². The van der Waals surface area contributed by atoms with E-state index in [2.05, 4.69) is 31.1 Å².